The summed E-state index contributed by atoms with van der Waals surface area (Å²) in [7, 11) is 0. The molecule has 2 aliphatic heterocycles. The standard InChI is InChI=1S/C18H15F2N3O5/c19-15-12(10-1-4-14(21-7-10)22-5-6-27-17(22)25)2-3-13(16(15)20)23-8-11(9-24)28-18(23)26/h1-4,7,11,24H,5-6,8-9H2/t11-/m1/s1. The van der Waals surface area contributed by atoms with Gasteiger partial charge in [-0.3, -0.25) is 9.80 Å². The highest BCUT2D eigenvalue weighted by atomic mass is 19.2. The molecule has 2 aliphatic rings. The fraction of sp³-hybridized carbons (Fsp3) is 0.278. The van der Waals surface area contributed by atoms with E-state index in [4.69, 9.17) is 14.6 Å². The minimum Gasteiger partial charge on any atom is -0.447 e. The second-order valence-corrected chi connectivity index (χ2v) is 6.23. The van der Waals surface area contributed by atoms with E-state index in [1.54, 1.807) is 0 Å². The summed E-state index contributed by atoms with van der Waals surface area (Å²) in [5, 5.41) is 9.07. The Bertz CT molecular complexity index is 938. The van der Waals surface area contributed by atoms with Crippen molar-refractivity contribution in [3.8, 4) is 11.1 Å². The number of hydrogen-bond donors (Lipinski definition) is 1. The van der Waals surface area contributed by atoms with Gasteiger partial charge in [0.2, 0.25) is 0 Å². The summed E-state index contributed by atoms with van der Waals surface area (Å²) in [6.45, 7) is 0.142. The van der Waals surface area contributed by atoms with Crippen LogP contribution in [0.3, 0.4) is 0 Å². The molecule has 1 aromatic heterocycles. The quantitative estimate of drug-likeness (QED) is 0.860. The molecule has 146 valence electrons. The van der Waals surface area contributed by atoms with Crippen molar-refractivity contribution in [3.63, 3.8) is 0 Å². The van der Waals surface area contributed by atoms with Gasteiger partial charge in [0.15, 0.2) is 11.6 Å². The number of carbonyl (C=O) groups is 2. The molecular weight excluding hydrogens is 376 g/mol. The zero-order valence-electron chi connectivity index (χ0n) is 14.5. The lowest BCUT2D eigenvalue weighted by Crippen LogP contribution is -2.26. The summed E-state index contributed by atoms with van der Waals surface area (Å²) < 4.78 is 38.9. The van der Waals surface area contributed by atoms with E-state index in [0.29, 0.717) is 17.9 Å². The van der Waals surface area contributed by atoms with Crippen molar-refractivity contribution in [3.05, 3.63) is 42.1 Å². The smallest absolute Gasteiger partial charge is 0.415 e. The molecule has 8 nitrogen and oxygen atoms in total. The Morgan fingerprint density at radius 1 is 1.11 bits per heavy atom. The normalized spacial score (nSPS) is 19.2. The summed E-state index contributed by atoms with van der Waals surface area (Å²) in [6, 6.07) is 5.61. The molecule has 2 saturated heterocycles. The third kappa shape index (κ3) is 3.01. The Hall–Kier alpha value is -3.27. The highest BCUT2D eigenvalue weighted by Crippen LogP contribution is 2.32. The lowest BCUT2D eigenvalue weighted by molar-refractivity contribution is 0.0963. The number of rotatable bonds is 4. The Kier molecular flexibility index (Phi) is 4.55. The van der Waals surface area contributed by atoms with Crippen LogP contribution >= 0.6 is 0 Å². The number of halogens is 2. The zero-order valence-corrected chi connectivity index (χ0v) is 14.5. The van der Waals surface area contributed by atoms with Gasteiger partial charge in [0.05, 0.1) is 25.4 Å². The minimum atomic E-state index is -1.21. The summed E-state index contributed by atoms with van der Waals surface area (Å²) in [4.78, 5) is 29.7. The predicted molar refractivity (Wildman–Crippen MR) is 93.0 cm³/mol. The number of aliphatic hydroxyl groups excluding tert-OH is 1. The molecule has 1 N–H and O–H groups in total. The van der Waals surface area contributed by atoms with Crippen molar-refractivity contribution < 1.29 is 33.0 Å². The third-order valence-corrected chi connectivity index (χ3v) is 4.53. The topological polar surface area (TPSA) is 92.2 Å². The Balaban J connectivity index is 1.62. The molecule has 4 rings (SSSR count). The minimum absolute atomic E-state index is 0.0458. The number of amides is 2. The largest absolute Gasteiger partial charge is 0.447 e. The average Bonchev–Trinajstić information content (AvgIpc) is 3.29. The number of carbonyl (C=O) groups excluding carboxylic acids is 2. The molecule has 28 heavy (non-hydrogen) atoms. The van der Waals surface area contributed by atoms with Crippen LogP contribution in [-0.4, -0.2) is 54.7 Å². The maximum absolute atomic E-state index is 14.7. The molecule has 0 saturated carbocycles. The Morgan fingerprint density at radius 2 is 1.93 bits per heavy atom. The van der Waals surface area contributed by atoms with Crippen LogP contribution in [0.1, 0.15) is 0 Å². The molecule has 1 atom stereocenters. The number of nitrogens with zero attached hydrogens (tertiary/aromatic N) is 3. The number of aromatic nitrogens is 1. The number of aliphatic hydroxyl groups is 1. The van der Waals surface area contributed by atoms with Gasteiger partial charge < -0.3 is 14.6 Å². The van der Waals surface area contributed by atoms with Gasteiger partial charge in [-0.15, -0.1) is 0 Å². The fourth-order valence-corrected chi connectivity index (χ4v) is 3.09. The first-order valence-corrected chi connectivity index (χ1v) is 8.47. The molecule has 0 aliphatic carbocycles. The lowest BCUT2D eigenvalue weighted by atomic mass is 10.1. The van der Waals surface area contributed by atoms with Crippen molar-refractivity contribution in [2.75, 3.05) is 36.1 Å². The number of anilines is 2. The second kappa shape index (κ2) is 7.04. The van der Waals surface area contributed by atoms with Crippen LogP contribution < -0.4 is 9.80 Å². The van der Waals surface area contributed by atoms with Crippen LogP contribution in [0.25, 0.3) is 11.1 Å². The molecule has 0 bridgehead atoms. The van der Waals surface area contributed by atoms with Crippen LogP contribution in [0.15, 0.2) is 30.5 Å². The monoisotopic (exact) mass is 391 g/mol. The molecule has 3 heterocycles. The van der Waals surface area contributed by atoms with E-state index in [0.717, 1.165) is 4.90 Å². The number of cyclic esters (lactones) is 2. The van der Waals surface area contributed by atoms with Gasteiger partial charge in [0, 0.05) is 17.3 Å². The van der Waals surface area contributed by atoms with E-state index in [2.05, 4.69) is 4.98 Å². The van der Waals surface area contributed by atoms with Gasteiger partial charge in [0.1, 0.15) is 18.5 Å². The van der Waals surface area contributed by atoms with Crippen LogP contribution in [0, 0.1) is 11.6 Å². The average molecular weight is 391 g/mol. The zero-order chi connectivity index (χ0) is 19.8. The SMILES string of the molecule is O=C1OCCN1c1ccc(-c2ccc(N3C[C@H](CO)OC3=O)c(F)c2F)cn1. The van der Waals surface area contributed by atoms with Crippen molar-refractivity contribution in [1.29, 1.82) is 0 Å². The van der Waals surface area contributed by atoms with Crippen molar-refractivity contribution in [2.24, 2.45) is 0 Å². The summed E-state index contributed by atoms with van der Waals surface area (Å²) in [6.07, 6.45) is -0.831. The molecule has 2 aromatic rings. The first-order chi connectivity index (χ1) is 13.5. The summed E-state index contributed by atoms with van der Waals surface area (Å²) >= 11 is 0. The maximum atomic E-state index is 14.7. The predicted octanol–water partition coefficient (Wildman–Crippen LogP) is 2.30. The summed E-state index contributed by atoms with van der Waals surface area (Å²) in [5.74, 6) is -2.01. The first-order valence-electron chi connectivity index (χ1n) is 8.47. The van der Waals surface area contributed by atoms with Crippen LogP contribution in [-0.2, 0) is 9.47 Å². The van der Waals surface area contributed by atoms with E-state index in [1.165, 1.54) is 35.4 Å². The van der Waals surface area contributed by atoms with Gasteiger partial charge >= 0.3 is 12.2 Å². The highest BCUT2D eigenvalue weighted by Gasteiger charge is 2.34. The fourth-order valence-electron chi connectivity index (χ4n) is 3.09. The molecule has 10 heteroatoms. The molecule has 0 spiro atoms. The van der Waals surface area contributed by atoms with E-state index in [1.807, 2.05) is 0 Å². The number of benzene rings is 1. The van der Waals surface area contributed by atoms with E-state index in [-0.39, 0.29) is 24.4 Å². The van der Waals surface area contributed by atoms with Crippen LogP contribution in [0.2, 0.25) is 0 Å². The molecule has 2 amide bonds. The van der Waals surface area contributed by atoms with Gasteiger partial charge in [0.25, 0.3) is 0 Å². The highest BCUT2D eigenvalue weighted by molar-refractivity contribution is 5.90. The molecule has 2 fully saturated rings. The third-order valence-electron chi connectivity index (χ3n) is 4.53. The van der Waals surface area contributed by atoms with Crippen molar-refractivity contribution in [2.45, 2.75) is 6.10 Å². The second-order valence-electron chi connectivity index (χ2n) is 6.23. The lowest BCUT2D eigenvalue weighted by Gasteiger charge is -2.16. The number of hydrogen-bond acceptors (Lipinski definition) is 6. The maximum Gasteiger partial charge on any atom is 0.415 e. The van der Waals surface area contributed by atoms with Crippen LogP contribution in [0.4, 0.5) is 29.9 Å². The Labute approximate surface area is 157 Å². The van der Waals surface area contributed by atoms with Crippen LogP contribution in [0.5, 0.6) is 0 Å². The van der Waals surface area contributed by atoms with Crippen molar-refractivity contribution in [1.82, 2.24) is 4.98 Å². The first kappa shape index (κ1) is 18.1. The van der Waals surface area contributed by atoms with Gasteiger partial charge in [-0.1, -0.05) is 0 Å². The van der Waals surface area contributed by atoms with Crippen molar-refractivity contribution >= 4 is 23.7 Å². The van der Waals surface area contributed by atoms with Gasteiger partial charge in [-0.2, -0.15) is 0 Å². The van der Waals surface area contributed by atoms with E-state index < -0.39 is 36.5 Å². The number of ether oxygens (including phenoxy) is 2. The molecular formula is C18H15F2N3O5. The van der Waals surface area contributed by atoms with Gasteiger partial charge in [-0.05, 0) is 24.3 Å². The molecule has 1 aromatic carbocycles. The number of pyridine rings is 1. The molecule has 0 unspecified atom stereocenters. The molecule has 0 radical (unpaired) electrons. The summed E-state index contributed by atoms with van der Waals surface area (Å²) in [5.41, 5.74) is -0.0151. The van der Waals surface area contributed by atoms with Gasteiger partial charge in [-0.25, -0.2) is 23.4 Å². The Morgan fingerprint density at radius 3 is 2.54 bits per heavy atom. The van der Waals surface area contributed by atoms with E-state index >= 15 is 0 Å². The van der Waals surface area contributed by atoms with E-state index in [9.17, 15) is 18.4 Å².